The fraction of sp³-hybridized carbons (Fsp3) is 0.348. The molecule has 1 aliphatic rings. The summed E-state index contributed by atoms with van der Waals surface area (Å²) in [6.07, 6.45) is 0. The summed E-state index contributed by atoms with van der Waals surface area (Å²) in [5.41, 5.74) is 0.656. The first kappa shape index (κ1) is 26.4. The van der Waals surface area contributed by atoms with Crippen LogP contribution in [0.3, 0.4) is 0 Å². The lowest BCUT2D eigenvalue weighted by Crippen LogP contribution is -2.39. The maximum atomic E-state index is 13.1. The second kappa shape index (κ2) is 11.9. The van der Waals surface area contributed by atoms with Crippen LogP contribution in [-0.4, -0.2) is 43.6 Å². The molecule has 0 fully saturated rings. The molecule has 1 aromatic rings. The quantitative estimate of drug-likeness (QED) is 0.415. The molecule has 10 nitrogen and oxygen atoms in total. The number of dihydropyridines is 1. The molecule has 0 radical (unpaired) electrons. The Morgan fingerprint density at radius 1 is 1.03 bits per heavy atom. The number of hydrogen-bond acceptors (Lipinski definition) is 9. The van der Waals surface area contributed by atoms with Crippen molar-refractivity contribution in [3.63, 3.8) is 0 Å². The van der Waals surface area contributed by atoms with Gasteiger partial charge in [-0.15, -0.1) is 0 Å². The molecule has 2 N–H and O–H groups in total. The number of nitrogens with zero attached hydrogens (tertiary/aromatic N) is 1. The fourth-order valence-corrected chi connectivity index (χ4v) is 3.48. The van der Waals surface area contributed by atoms with E-state index >= 15 is 0 Å². The molecule has 0 aromatic heterocycles. The third kappa shape index (κ3) is 6.14. The predicted molar refractivity (Wildman–Crippen MR) is 121 cm³/mol. The van der Waals surface area contributed by atoms with Crippen LogP contribution in [0, 0.1) is 17.2 Å². The number of ether oxygens (including phenoxy) is 3. The van der Waals surface area contributed by atoms with Crippen LogP contribution < -0.4 is 10.6 Å². The van der Waals surface area contributed by atoms with E-state index in [1.807, 2.05) is 6.07 Å². The Balaban J connectivity index is 2.29. The van der Waals surface area contributed by atoms with Crippen LogP contribution in [0.2, 0.25) is 5.02 Å². The van der Waals surface area contributed by atoms with Crippen molar-refractivity contribution in [2.75, 3.05) is 25.1 Å². The van der Waals surface area contributed by atoms with E-state index in [1.165, 1.54) is 18.2 Å². The third-order valence-electron chi connectivity index (χ3n) is 4.71. The van der Waals surface area contributed by atoms with Crippen LogP contribution in [0.15, 0.2) is 40.7 Å². The highest BCUT2D eigenvalue weighted by Crippen LogP contribution is 2.32. The summed E-state index contributed by atoms with van der Waals surface area (Å²) >= 11 is 5.91. The van der Waals surface area contributed by atoms with Crippen molar-refractivity contribution in [3.05, 3.63) is 51.3 Å². The van der Waals surface area contributed by atoms with Gasteiger partial charge < -0.3 is 24.8 Å². The molecule has 1 heterocycles. The fourth-order valence-electron chi connectivity index (χ4n) is 3.31. The zero-order valence-electron chi connectivity index (χ0n) is 19.1. The van der Waals surface area contributed by atoms with Crippen molar-refractivity contribution in [1.29, 1.82) is 5.26 Å². The zero-order chi connectivity index (χ0) is 25.4. The molecular formula is C23H24ClN3O7. The lowest BCUT2D eigenvalue weighted by atomic mass is 9.85. The van der Waals surface area contributed by atoms with Crippen LogP contribution in [0.4, 0.5) is 5.69 Å². The van der Waals surface area contributed by atoms with E-state index in [2.05, 4.69) is 10.6 Å². The van der Waals surface area contributed by atoms with Crippen LogP contribution in [0.25, 0.3) is 0 Å². The summed E-state index contributed by atoms with van der Waals surface area (Å²) in [5.74, 6) is -4.87. The molecule has 2 rings (SSSR count). The number of carbonyl (C=O) groups is 4. The number of carbonyl (C=O) groups excluding carboxylic acids is 4. The number of amides is 1. The van der Waals surface area contributed by atoms with Gasteiger partial charge in [-0.2, -0.15) is 5.26 Å². The molecule has 1 aliphatic heterocycles. The summed E-state index contributed by atoms with van der Waals surface area (Å²) < 4.78 is 15.3. The largest absolute Gasteiger partial charge is 0.463 e. The van der Waals surface area contributed by atoms with E-state index in [9.17, 15) is 24.4 Å². The first-order valence-corrected chi connectivity index (χ1v) is 10.7. The number of anilines is 1. The molecule has 1 aromatic carbocycles. The smallest absolute Gasteiger partial charge is 0.337 e. The van der Waals surface area contributed by atoms with Crippen LogP contribution in [0.1, 0.15) is 33.3 Å². The molecule has 0 aliphatic carbocycles. The minimum Gasteiger partial charge on any atom is -0.463 e. The van der Waals surface area contributed by atoms with Crippen LogP contribution >= 0.6 is 11.6 Å². The first-order chi connectivity index (χ1) is 16.1. The van der Waals surface area contributed by atoms with Gasteiger partial charge in [0.25, 0.3) is 5.91 Å². The SMILES string of the molecule is CCOC(=O)C1=C(C)NC(C)=C(C(=O)OCC)C1C(=O)OCC(=O)Nc1cc(Cl)ccc1C#N. The minimum atomic E-state index is -1.46. The molecule has 180 valence electrons. The Labute approximate surface area is 201 Å². The average Bonchev–Trinajstić information content (AvgIpc) is 2.77. The number of esters is 3. The van der Waals surface area contributed by atoms with Gasteiger partial charge >= 0.3 is 17.9 Å². The Kier molecular flexibility index (Phi) is 9.21. The average molecular weight is 490 g/mol. The zero-order valence-corrected chi connectivity index (χ0v) is 19.9. The molecule has 0 saturated carbocycles. The molecule has 0 atom stereocenters. The van der Waals surface area contributed by atoms with Gasteiger partial charge in [0.15, 0.2) is 6.61 Å². The second-order valence-corrected chi connectivity index (χ2v) is 7.47. The molecule has 0 unspecified atom stereocenters. The monoisotopic (exact) mass is 489 g/mol. The van der Waals surface area contributed by atoms with Gasteiger partial charge in [-0.05, 0) is 45.9 Å². The molecule has 11 heteroatoms. The molecular weight excluding hydrogens is 466 g/mol. The van der Waals surface area contributed by atoms with Gasteiger partial charge in [0.05, 0.1) is 35.6 Å². The number of nitriles is 1. The van der Waals surface area contributed by atoms with Crippen molar-refractivity contribution < 1.29 is 33.4 Å². The molecule has 1 amide bonds. The number of halogens is 1. The van der Waals surface area contributed by atoms with Gasteiger partial charge in [0.2, 0.25) is 0 Å². The van der Waals surface area contributed by atoms with Crippen molar-refractivity contribution in [1.82, 2.24) is 5.32 Å². The standard InChI is InChI=1S/C23H24ClN3O7/c1-5-32-21(29)18-12(3)26-13(4)19(22(30)33-6-2)20(18)23(31)34-11-17(28)27-16-9-15(24)8-7-14(16)10-25/h7-9,20,26H,5-6,11H2,1-4H3,(H,27,28). The number of nitrogens with one attached hydrogen (secondary N) is 2. The predicted octanol–water partition coefficient (Wildman–Crippen LogP) is 2.59. The lowest BCUT2D eigenvalue weighted by Gasteiger charge is -2.28. The normalized spacial score (nSPS) is 13.5. The second-order valence-electron chi connectivity index (χ2n) is 7.03. The Hall–Kier alpha value is -3.84. The van der Waals surface area contributed by atoms with Crippen molar-refractivity contribution >= 4 is 41.1 Å². The van der Waals surface area contributed by atoms with E-state index in [0.717, 1.165) is 0 Å². The summed E-state index contributed by atoms with van der Waals surface area (Å²) in [4.78, 5) is 50.7. The lowest BCUT2D eigenvalue weighted by molar-refractivity contribution is -0.153. The number of allylic oxidation sites excluding steroid dienone is 2. The number of benzene rings is 1. The Morgan fingerprint density at radius 2 is 1.59 bits per heavy atom. The summed E-state index contributed by atoms with van der Waals surface area (Å²) in [5, 5.41) is 14.8. The Bertz CT molecular complexity index is 1080. The molecule has 34 heavy (non-hydrogen) atoms. The highest BCUT2D eigenvalue weighted by molar-refractivity contribution is 6.31. The summed E-state index contributed by atoms with van der Waals surface area (Å²) in [6.45, 7) is 5.63. The number of hydrogen-bond donors (Lipinski definition) is 2. The Morgan fingerprint density at radius 3 is 2.09 bits per heavy atom. The molecule has 0 spiro atoms. The van der Waals surface area contributed by atoms with E-state index < -0.39 is 36.3 Å². The molecule has 0 saturated heterocycles. The van der Waals surface area contributed by atoms with Crippen molar-refractivity contribution in [3.8, 4) is 6.07 Å². The van der Waals surface area contributed by atoms with Gasteiger partial charge in [-0.1, -0.05) is 11.6 Å². The van der Waals surface area contributed by atoms with Crippen LogP contribution in [0.5, 0.6) is 0 Å². The highest BCUT2D eigenvalue weighted by atomic mass is 35.5. The van der Waals surface area contributed by atoms with E-state index in [-0.39, 0.29) is 35.6 Å². The van der Waals surface area contributed by atoms with Gasteiger partial charge in [-0.3, -0.25) is 9.59 Å². The van der Waals surface area contributed by atoms with Crippen molar-refractivity contribution in [2.45, 2.75) is 27.7 Å². The maximum absolute atomic E-state index is 13.1. The summed E-state index contributed by atoms with van der Waals surface area (Å²) in [7, 11) is 0. The number of rotatable bonds is 8. The van der Waals surface area contributed by atoms with Gasteiger partial charge in [-0.25, -0.2) is 9.59 Å². The molecule has 0 bridgehead atoms. The van der Waals surface area contributed by atoms with Crippen LogP contribution in [-0.2, 0) is 33.4 Å². The minimum absolute atomic E-state index is 0.0398. The highest BCUT2D eigenvalue weighted by Gasteiger charge is 2.42. The van der Waals surface area contributed by atoms with Gasteiger partial charge in [0, 0.05) is 16.4 Å². The summed E-state index contributed by atoms with van der Waals surface area (Å²) in [6, 6.07) is 6.21. The topological polar surface area (TPSA) is 144 Å². The van der Waals surface area contributed by atoms with E-state index in [4.69, 9.17) is 25.8 Å². The van der Waals surface area contributed by atoms with Gasteiger partial charge in [0.1, 0.15) is 12.0 Å². The van der Waals surface area contributed by atoms with E-state index in [0.29, 0.717) is 16.4 Å². The first-order valence-electron chi connectivity index (χ1n) is 10.3. The third-order valence-corrected chi connectivity index (χ3v) is 4.94. The van der Waals surface area contributed by atoms with E-state index in [1.54, 1.807) is 27.7 Å². The van der Waals surface area contributed by atoms with Crippen molar-refractivity contribution in [2.24, 2.45) is 5.92 Å². The maximum Gasteiger partial charge on any atom is 0.337 e.